The molecule has 0 amide bonds. The van der Waals surface area contributed by atoms with E-state index in [0.717, 1.165) is 74.9 Å². The van der Waals surface area contributed by atoms with Crippen molar-refractivity contribution < 1.29 is 0 Å². The van der Waals surface area contributed by atoms with Gasteiger partial charge in [0.25, 0.3) is 0 Å². The number of rotatable bonds is 6. The lowest BCUT2D eigenvalue weighted by Crippen LogP contribution is -2.36. The molecule has 0 spiro atoms. The van der Waals surface area contributed by atoms with Crippen LogP contribution in [0.3, 0.4) is 0 Å². The zero-order valence-electron chi connectivity index (χ0n) is 19.0. The molecule has 0 radical (unpaired) electrons. The van der Waals surface area contributed by atoms with Gasteiger partial charge in [0.15, 0.2) is 0 Å². The fraction of sp³-hybridized carbons (Fsp3) is 0.462. The third-order valence-electron chi connectivity index (χ3n) is 6.77. The molecule has 0 saturated carbocycles. The molecule has 1 atom stereocenters. The highest BCUT2D eigenvalue weighted by Gasteiger charge is 2.29. The van der Waals surface area contributed by atoms with E-state index >= 15 is 0 Å². The standard InChI is InChI=1S/C26H32N6/c1-20-23-8-6-17-31(18-12-22-7-2-4-13-28-22)26(23)30-25(29-20)24-9-3-5-16-32(24)19-21-10-14-27-15-11-21/h2,4,7,10-11,13-15,24H,3,5-6,8-9,12,16-19H2,1H3. The Kier molecular flexibility index (Phi) is 6.39. The lowest BCUT2D eigenvalue weighted by atomic mass is 9.99. The number of pyridine rings is 2. The van der Waals surface area contributed by atoms with Gasteiger partial charge in [-0.05, 0) is 69.0 Å². The molecule has 166 valence electrons. The van der Waals surface area contributed by atoms with Crippen molar-refractivity contribution in [3.05, 3.63) is 77.3 Å². The molecule has 5 rings (SSSR count). The van der Waals surface area contributed by atoms with Crippen LogP contribution < -0.4 is 4.90 Å². The first-order valence-corrected chi connectivity index (χ1v) is 11.9. The maximum atomic E-state index is 5.22. The smallest absolute Gasteiger partial charge is 0.148 e. The van der Waals surface area contributed by atoms with Gasteiger partial charge in [0.05, 0.1) is 6.04 Å². The van der Waals surface area contributed by atoms with E-state index in [4.69, 9.17) is 9.97 Å². The van der Waals surface area contributed by atoms with E-state index in [-0.39, 0.29) is 6.04 Å². The van der Waals surface area contributed by atoms with Gasteiger partial charge < -0.3 is 4.90 Å². The topological polar surface area (TPSA) is 58.0 Å². The summed E-state index contributed by atoms with van der Waals surface area (Å²) in [7, 11) is 0. The molecular weight excluding hydrogens is 396 g/mol. The van der Waals surface area contributed by atoms with E-state index in [1.165, 1.54) is 24.0 Å². The first kappa shape index (κ1) is 21.0. The Hall–Kier alpha value is -2.86. The minimum atomic E-state index is 0.278. The van der Waals surface area contributed by atoms with Crippen molar-refractivity contribution in [1.82, 2.24) is 24.8 Å². The summed E-state index contributed by atoms with van der Waals surface area (Å²) in [6, 6.07) is 10.7. The second-order valence-corrected chi connectivity index (χ2v) is 8.97. The van der Waals surface area contributed by atoms with Crippen molar-refractivity contribution in [3.63, 3.8) is 0 Å². The van der Waals surface area contributed by atoms with Crippen LogP contribution >= 0.6 is 0 Å². The first-order valence-electron chi connectivity index (χ1n) is 11.9. The summed E-state index contributed by atoms with van der Waals surface area (Å²) >= 11 is 0. The number of aryl methyl sites for hydroxylation is 1. The fourth-order valence-electron chi connectivity index (χ4n) is 5.07. The van der Waals surface area contributed by atoms with Crippen molar-refractivity contribution in [1.29, 1.82) is 0 Å². The predicted molar refractivity (Wildman–Crippen MR) is 126 cm³/mol. The third kappa shape index (κ3) is 4.65. The predicted octanol–water partition coefficient (Wildman–Crippen LogP) is 4.30. The molecule has 0 aliphatic carbocycles. The summed E-state index contributed by atoms with van der Waals surface area (Å²) in [6.07, 6.45) is 12.4. The van der Waals surface area contributed by atoms with Gasteiger partial charge in [0.1, 0.15) is 11.6 Å². The number of anilines is 1. The highest BCUT2D eigenvalue weighted by Crippen LogP contribution is 2.34. The molecule has 0 N–H and O–H groups in total. The lowest BCUT2D eigenvalue weighted by molar-refractivity contribution is 0.133. The van der Waals surface area contributed by atoms with Crippen molar-refractivity contribution in [2.24, 2.45) is 0 Å². The van der Waals surface area contributed by atoms with Crippen LogP contribution in [0.15, 0.2) is 48.9 Å². The Morgan fingerprint density at radius 3 is 2.72 bits per heavy atom. The highest BCUT2D eigenvalue weighted by molar-refractivity contribution is 5.51. The molecular formula is C26H32N6. The molecule has 0 aromatic carbocycles. The number of nitrogens with zero attached hydrogens (tertiary/aromatic N) is 6. The van der Waals surface area contributed by atoms with E-state index in [1.54, 1.807) is 0 Å². The van der Waals surface area contributed by atoms with Gasteiger partial charge in [0, 0.05) is 61.6 Å². The molecule has 3 aromatic rings. The van der Waals surface area contributed by atoms with Crippen molar-refractivity contribution in [2.75, 3.05) is 24.5 Å². The van der Waals surface area contributed by atoms with Crippen LogP contribution in [0.25, 0.3) is 0 Å². The van der Waals surface area contributed by atoms with Crippen LogP contribution in [-0.4, -0.2) is 44.5 Å². The Labute approximate surface area is 190 Å². The molecule has 32 heavy (non-hydrogen) atoms. The number of piperidine rings is 1. The van der Waals surface area contributed by atoms with E-state index in [9.17, 15) is 0 Å². The van der Waals surface area contributed by atoms with Crippen molar-refractivity contribution in [2.45, 2.75) is 58.0 Å². The number of hydrogen-bond donors (Lipinski definition) is 0. The van der Waals surface area contributed by atoms with Gasteiger partial charge in [-0.25, -0.2) is 9.97 Å². The second-order valence-electron chi connectivity index (χ2n) is 8.97. The lowest BCUT2D eigenvalue weighted by Gasteiger charge is -2.36. The minimum Gasteiger partial charge on any atom is -0.356 e. The van der Waals surface area contributed by atoms with Crippen LogP contribution in [0.4, 0.5) is 5.82 Å². The quantitative estimate of drug-likeness (QED) is 0.584. The van der Waals surface area contributed by atoms with Gasteiger partial charge in [-0.1, -0.05) is 12.5 Å². The maximum absolute atomic E-state index is 5.22. The summed E-state index contributed by atoms with van der Waals surface area (Å²) in [6.45, 7) is 6.20. The fourth-order valence-corrected chi connectivity index (χ4v) is 5.07. The number of hydrogen-bond acceptors (Lipinski definition) is 6. The first-order chi connectivity index (χ1) is 15.8. The molecule has 6 nitrogen and oxygen atoms in total. The largest absolute Gasteiger partial charge is 0.356 e. The van der Waals surface area contributed by atoms with Crippen LogP contribution in [0.5, 0.6) is 0 Å². The van der Waals surface area contributed by atoms with Crippen molar-refractivity contribution >= 4 is 5.82 Å². The molecule has 1 unspecified atom stereocenters. The summed E-state index contributed by atoms with van der Waals surface area (Å²) < 4.78 is 0. The zero-order valence-corrected chi connectivity index (χ0v) is 19.0. The zero-order chi connectivity index (χ0) is 21.8. The normalized spacial score (nSPS) is 19.0. The molecule has 0 bridgehead atoms. The molecule has 2 aliphatic rings. The van der Waals surface area contributed by atoms with Gasteiger partial charge in [0.2, 0.25) is 0 Å². The number of likely N-dealkylation sites (tertiary alicyclic amines) is 1. The Balaban J connectivity index is 1.40. The average molecular weight is 429 g/mol. The Bertz CT molecular complexity index is 1020. The highest BCUT2D eigenvalue weighted by atomic mass is 15.2. The van der Waals surface area contributed by atoms with Crippen LogP contribution in [0.1, 0.15) is 60.1 Å². The average Bonchev–Trinajstić information content (AvgIpc) is 2.84. The summed E-state index contributed by atoms with van der Waals surface area (Å²) in [4.78, 5) is 24.0. The Morgan fingerprint density at radius 2 is 1.88 bits per heavy atom. The molecule has 1 saturated heterocycles. The second kappa shape index (κ2) is 9.74. The van der Waals surface area contributed by atoms with Gasteiger partial charge in [-0.3, -0.25) is 14.9 Å². The molecule has 5 heterocycles. The summed E-state index contributed by atoms with van der Waals surface area (Å²) in [5, 5.41) is 0. The number of fused-ring (bicyclic) bond motifs is 1. The van der Waals surface area contributed by atoms with Gasteiger partial charge >= 0.3 is 0 Å². The van der Waals surface area contributed by atoms with Crippen LogP contribution in [-0.2, 0) is 19.4 Å². The molecule has 1 fully saturated rings. The maximum Gasteiger partial charge on any atom is 0.148 e. The van der Waals surface area contributed by atoms with Crippen molar-refractivity contribution in [3.8, 4) is 0 Å². The monoisotopic (exact) mass is 428 g/mol. The molecule has 2 aliphatic heterocycles. The van der Waals surface area contributed by atoms with Gasteiger partial charge in [-0.2, -0.15) is 0 Å². The molecule has 6 heteroatoms. The Morgan fingerprint density at radius 1 is 0.969 bits per heavy atom. The summed E-state index contributed by atoms with van der Waals surface area (Å²) in [5.41, 5.74) is 4.93. The van der Waals surface area contributed by atoms with E-state index in [0.29, 0.717) is 0 Å². The van der Waals surface area contributed by atoms with Crippen LogP contribution in [0.2, 0.25) is 0 Å². The van der Waals surface area contributed by atoms with E-state index in [1.807, 2.05) is 24.7 Å². The minimum absolute atomic E-state index is 0.278. The van der Waals surface area contributed by atoms with Gasteiger partial charge in [-0.15, -0.1) is 0 Å². The number of aromatic nitrogens is 4. The third-order valence-corrected chi connectivity index (χ3v) is 6.77. The van der Waals surface area contributed by atoms with Crippen LogP contribution in [0, 0.1) is 6.92 Å². The summed E-state index contributed by atoms with van der Waals surface area (Å²) in [5.74, 6) is 2.16. The molecule has 3 aromatic heterocycles. The van der Waals surface area contributed by atoms with E-state index in [2.05, 4.69) is 51.0 Å². The van der Waals surface area contributed by atoms with E-state index < -0.39 is 0 Å². The SMILES string of the molecule is Cc1nc(C2CCCCN2Cc2ccncc2)nc2c1CCCN2CCc1ccccn1.